The average Bonchev–Trinajstić information content (AvgIpc) is 2.60. The predicted octanol–water partition coefficient (Wildman–Crippen LogP) is 3.42. The Hall–Kier alpha value is -1.63. The molecule has 2 aromatic rings. The molecule has 0 heterocycles. The molecular formula is C16H17ClFNO3S. The number of ether oxygens (including phenoxy) is 1. The average molecular weight is 358 g/mol. The van der Waals surface area contributed by atoms with Gasteiger partial charge >= 0.3 is 0 Å². The van der Waals surface area contributed by atoms with Gasteiger partial charge in [0.05, 0.1) is 18.0 Å². The highest BCUT2D eigenvalue weighted by molar-refractivity contribution is 7.89. The lowest BCUT2D eigenvalue weighted by atomic mass is 10.1. The van der Waals surface area contributed by atoms with Crippen LogP contribution in [-0.2, 0) is 16.4 Å². The van der Waals surface area contributed by atoms with Crippen LogP contribution in [0.4, 0.5) is 4.48 Å². The molecule has 2 rings (SSSR count). The van der Waals surface area contributed by atoms with Crippen LogP contribution in [0.2, 0.25) is 0 Å². The lowest BCUT2D eigenvalue weighted by molar-refractivity contribution is 0.0946. The first-order chi connectivity index (χ1) is 11.0. The van der Waals surface area contributed by atoms with Crippen molar-refractivity contribution in [2.75, 3.05) is 13.0 Å². The number of halogens is 2. The summed E-state index contributed by atoms with van der Waals surface area (Å²) in [6.45, 7) is 0. The van der Waals surface area contributed by atoms with Crippen LogP contribution < -0.4 is 4.74 Å². The standard InChI is InChI=1S/C16H17ClFNO3S/c1-22-15-9-7-13(8-10-15)11-14(12-17)19(18)23(20,21)16-5-3-2-4-6-16/h2-10,14H,11-12H2,1H3. The Bertz CT molecular complexity index is 723. The molecule has 0 aromatic heterocycles. The van der Waals surface area contributed by atoms with Gasteiger partial charge in [0.15, 0.2) is 0 Å². The number of alkyl halides is 1. The van der Waals surface area contributed by atoms with Gasteiger partial charge in [0.1, 0.15) is 5.75 Å². The summed E-state index contributed by atoms with van der Waals surface area (Å²) in [5.74, 6) is 0.513. The molecule has 0 aliphatic rings. The fourth-order valence-electron chi connectivity index (χ4n) is 2.10. The second-order valence-electron chi connectivity index (χ2n) is 4.92. The zero-order chi connectivity index (χ0) is 16.9. The highest BCUT2D eigenvalue weighted by Gasteiger charge is 2.31. The molecule has 124 valence electrons. The van der Waals surface area contributed by atoms with Gasteiger partial charge in [-0.3, -0.25) is 0 Å². The number of methoxy groups -OCH3 is 1. The van der Waals surface area contributed by atoms with Crippen molar-refractivity contribution in [3.63, 3.8) is 0 Å². The van der Waals surface area contributed by atoms with Crippen LogP contribution in [0.15, 0.2) is 59.5 Å². The maximum absolute atomic E-state index is 14.5. The second-order valence-corrected chi connectivity index (χ2v) is 7.00. The van der Waals surface area contributed by atoms with Crippen LogP contribution in [-0.4, -0.2) is 32.0 Å². The van der Waals surface area contributed by atoms with E-state index < -0.39 is 16.1 Å². The van der Waals surface area contributed by atoms with Crippen LogP contribution >= 0.6 is 11.6 Å². The Morgan fingerprint density at radius 2 is 1.74 bits per heavy atom. The molecule has 23 heavy (non-hydrogen) atoms. The van der Waals surface area contributed by atoms with Crippen molar-refractivity contribution >= 4 is 21.6 Å². The van der Waals surface area contributed by atoms with E-state index in [0.29, 0.717) is 5.75 Å². The van der Waals surface area contributed by atoms with E-state index >= 15 is 0 Å². The molecule has 0 spiro atoms. The third-order valence-corrected chi connectivity index (χ3v) is 5.35. The molecule has 0 saturated carbocycles. The maximum atomic E-state index is 14.5. The van der Waals surface area contributed by atoms with Crippen LogP contribution in [0.1, 0.15) is 5.56 Å². The highest BCUT2D eigenvalue weighted by atomic mass is 35.5. The van der Waals surface area contributed by atoms with Gasteiger partial charge in [0.25, 0.3) is 10.0 Å². The molecule has 2 aromatic carbocycles. The van der Waals surface area contributed by atoms with Crippen molar-refractivity contribution in [3.05, 3.63) is 60.2 Å². The van der Waals surface area contributed by atoms with Crippen molar-refractivity contribution in [2.24, 2.45) is 0 Å². The van der Waals surface area contributed by atoms with Crippen molar-refractivity contribution in [2.45, 2.75) is 17.4 Å². The van der Waals surface area contributed by atoms with Crippen molar-refractivity contribution in [1.82, 2.24) is 4.53 Å². The summed E-state index contributed by atoms with van der Waals surface area (Å²) in [6, 6.07) is 13.4. The second kappa shape index (κ2) is 7.77. The first-order valence-electron chi connectivity index (χ1n) is 6.93. The lowest BCUT2D eigenvalue weighted by Crippen LogP contribution is -2.36. The summed E-state index contributed by atoms with van der Waals surface area (Å²) >= 11 is 5.79. The molecule has 0 N–H and O–H groups in total. The summed E-state index contributed by atoms with van der Waals surface area (Å²) in [4.78, 5) is -0.104. The van der Waals surface area contributed by atoms with Crippen molar-refractivity contribution in [3.8, 4) is 5.75 Å². The predicted molar refractivity (Wildman–Crippen MR) is 87.8 cm³/mol. The Morgan fingerprint density at radius 1 is 1.13 bits per heavy atom. The molecule has 1 atom stereocenters. The third kappa shape index (κ3) is 4.22. The van der Waals surface area contributed by atoms with Crippen LogP contribution in [0, 0.1) is 0 Å². The van der Waals surface area contributed by atoms with E-state index in [1.807, 2.05) is 0 Å². The van der Waals surface area contributed by atoms with E-state index in [9.17, 15) is 12.9 Å². The number of hydrogen-bond donors (Lipinski definition) is 0. The van der Waals surface area contributed by atoms with Gasteiger partial charge in [-0.05, 0) is 40.8 Å². The molecule has 0 radical (unpaired) electrons. The topological polar surface area (TPSA) is 46.6 Å². The first kappa shape index (κ1) is 17.7. The summed E-state index contributed by atoms with van der Waals surface area (Å²) in [7, 11) is -2.68. The molecule has 0 fully saturated rings. The smallest absolute Gasteiger partial charge is 0.269 e. The Labute approximate surface area is 140 Å². The Morgan fingerprint density at radius 3 is 2.26 bits per heavy atom. The number of rotatable bonds is 7. The molecular weight excluding hydrogens is 341 g/mol. The summed E-state index contributed by atoms with van der Waals surface area (Å²) in [5, 5.41) is 0. The van der Waals surface area contributed by atoms with E-state index in [4.69, 9.17) is 16.3 Å². The fraction of sp³-hybridized carbons (Fsp3) is 0.250. The number of hydrogen-bond acceptors (Lipinski definition) is 3. The molecule has 0 saturated heterocycles. The number of nitrogens with zero attached hydrogens (tertiary/aromatic N) is 1. The van der Waals surface area contributed by atoms with Crippen LogP contribution in [0.25, 0.3) is 0 Å². The highest BCUT2D eigenvalue weighted by Crippen LogP contribution is 2.22. The summed E-state index contributed by atoms with van der Waals surface area (Å²) < 4.78 is 44.0. The van der Waals surface area contributed by atoms with Crippen molar-refractivity contribution < 1.29 is 17.6 Å². The third-order valence-electron chi connectivity index (χ3n) is 3.37. The van der Waals surface area contributed by atoms with Gasteiger partial charge in [0.2, 0.25) is 0 Å². The minimum atomic E-state index is -4.23. The van der Waals surface area contributed by atoms with Gasteiger partial charge in [-0.25, -0.2) is 8.42 Å². The van der Waals surface area contributed by atoms with E-state index in [-0.39, 0.29) is 21.7 Å². The summed E-state index contributed by atoms with van der Waals surface area (Å²) in [6.07, 6.45) is 0.163. The first-order valence-corrected chi connectivity index (χ1v) is 8.90. The molecule has 7 heteroatoms. The zero-order valence-electron chi connectivity index (χ0n) is 12.5. The number of benzene rings is 2. The molecule has 1 unspecified atom stereocenters. The largest absolute Gasteiger partial charge is 0.497 e. The van der Waals surface area contributed by atoms with E-state index in [1.54, 1.807) is 49.6 Å². The molecule has 0 bridgehead atoms. The van der Waals surface area contributed by atoms with Crippen LogP contribution in [0.5, 0.6) is 5.75 Å². The van der Waals surface area contributed by atoms with E-state index in [1.165, 1.54) is 12.1 Å². The maximum Gasteiger partial charge on any atom is 0.269 e. The minimum absolute atomic E-state index is 0.104. The lowest BCUT2D eigenvalue weighted by Gasteiger charge is -2.21. The van der Waals surface area contributed by atoms with E-state index in [2.05, 4.69) is 0 Å². The van der Waals surface area contributed by atoms with Gasteiger partial charge in [0, 0.05) is 5.88 Å². The van der Waals surface area contributed by atoms with Gasteiger partial charge in [-0.1, -0.05) is 30.3 Å². The van der Waals surface area contributed by atoms with Crippen molar-refractivity contribution in [1.29, 1.82) is 0 Å². The van der Waals surface area contributed by atoms with E-state index in [0.717, 1.165) is 5.56 Å². The minimum Gasteiger partial charge on any atom is -0.497 e. The molecule has 0 amide bonds. The summed E-state index contributed by atoms with van der Waals surface area (Å²) in [5.41, 5.74) is 0.766. The Balaban J connectivity index is 2.19. The van der Waals surface area contributed by atoms with Gasteiger partial charge in [-0.15, -0.1) is 16.1 Å². The molecule has 0 aliphatic carbocycles. The van der Waals surface area contributed by atoms with Gasteiger partial charge < -0.3 is 4.74 Å². The van der Waals surface area contributed by atoms with Crippen LogP contribution in [0.3, 0.4) is 0 Å². The fourth-order valence-corrected chi connectivity index (χ4v) is 3.66. The number of sulfonamides is 1. The zero-order valence-corrected chi connectivity index (χ0v) is 14.1. The molecule has 0 aliphatic heterocycles. The normalized spacial score (nSPS) is 13.0. The SMILES string of the molecule is COc1ccc(CC(CCl)N(F)S(=O)(=O)c2ccccc2)cc1. The monoisotopic (exact) mass is 357 g/mol. The Kier molecular flexibility index (Phi) is 5.98. The molecule has 4 nitrogen and oxygen atoms in total. The quantitative estimate of drug-likeness (QED) is 0.563. The van der Waals surface area contributed by atoms with Gasteiger partial charge in [-0.2, -0.15) is 0 Å².